The lowest BCUT2D eigenvalue weighted by Crippen LogP contribution is -2.44. The first kappa shape index (κ1) is 16.4. The number of carbonyl (C=O) groups excluding carboxylic acids is 1. The Balaban J connectivity index is 1.59. The van der Waals surface area contributed by atoms with Crippen LogP contribution < -0.4 is 15.4 Å². The molecule has 0 bridgehead atoms. The molecule has 2 amide bonds. The normalized spacial score (nSPS) is 18.5. The standard InChI is InChI=1S/C18H22N2O4/c1-18(22,16-7-4-10-24-16)11-19-17(21)20-14-9-8-13-12(14)5-3-6-15(13)23-2/h3-7,10,14,22H,8-9,11H2,1-2H3,(H2,19,20,21). The molecule has 3 rings (SSSR count). The van der Waals surface area contributed by atoms with Gasteiger partial charge < -0.3 is 24.9 Å². The molecule has 128 valence electrons. The molecule has 3 N–H and O–H groups in total. The van der Waals surface area contributed by atoms with Crippen molar-refractivity contribution in [1.82, 2.24) is 10.6 Å². The topological polar surface area (TPSA) is 83.7 Å². The Labute approximate surface area is 140 Å². The van der Waals surface area contributed by atoms with Gasteiger partial charge in [-0.25, -0.2) is 4.79 Å². The number of rotatable bonds is 5. The van der Waals surface area contributed by atoms with Crippen LogP contribution >= 0.6 is 0 Å². The number of hydrogen-bond acceptors (Lipinski definition) is 4. The van der Waals surface area contributed by atoms with Crippen molar-refractivity contribution in [2.75, 3.05) is 13.7 Å². The molecule has 0 aliphatic heterocycles. The lowest BCUT2D eigenvalue weighted by molar-refractivity contribution is 0.0366. The molecule has 0 saturated carbocycles. The molecular formula is C18H22N2O4. The number of carbonyl (C=O) groups is 1. The number of furan rings is 1. The summed E-state index contributed by atoms with van der Waals surface area (Å²) in [6, 6.07) is 8.88. The second-order valence-electron chi connectivity index (χ2n) is 6.20. The van der Waals surface area contributed by atoms with Gasteiger partial charge in [-0.3, -0.25) is 0 Å². The SMILES string of the molecule is COc1cccc2c1CCC2NC(=O)NCC(C)(O)c1ccco1. The molecule has 1 heterocycles. The molecule has 2 unspecified atom stereocenters. The van der Waals surface area contributed by atoms with Crippen LogP contribution in [-0.4, -0.2) is 24.8 Å². The van der Waals surface area contributed by atoms with Crippen molar-refractivity contribution in [3.05, 3.63) is 53.5 Å². The molecule has 1 aliphatic carbocycles. The number of fused-ring (bicyclic) bond motifs is 1. The molecule has 0 spiro atoms. The summed E-state index contributed by atoms with van der Waals surface area (Å²) in [6.07, 6.45) is 3.19. The van der Waals surface area contributed by atoms with E-state index in [4.69, 9.17) is 9.15 Å². The van der Waals surface area contributed by atoms with E-state index >= 15 is 0 Å². The molecule has 6 nitrogen and oxygen atoms in total. The average Bonchev–Trinajstić information content (AvgIpc) is 3.23. The van der Waals surface area contributed by atoms with Gasteiger partial charge in [-0.05, 0) is 49.1 Å². The minimum absolute atomic E-state index is 0.0522. The summed E-state index contributed by atoms with van der Waals surface area (Å²) in [7, 11) is 1.65. The van der Waals surface area contributed by atoms with Crippen molar-refractivity contribution in [3.8, 4) is 5.75 Å². The number of nitrogens with one attached hydrogen (secondary N) is 2. The van der Waals surface area contributed by atoms with Crippen molar-refractivity contribution in [2.24, 2.45) is 0 Å². The summed E-state index contributed by atoms with van der Waals surface area (Å²) in [5, 5.41) is 16.0. The maximum absolute atomic E-state index is 12.2. The Kier molecular flexibility index (Phi) is 4.49. The number of benzene rings is 1. The van der Waals surface area contributed by atoms with Crippen LogP contribution in [0.2, 0.25) is 0 Å². The number of aliphatic hydroxyl groups is 1. The molecule has 24 heavy (non-hydrogen) atoms. The summed E-state index contributed by atoms with van der Waals surface area (Å²) < 4.78 is 10.6. The van der Waals surface area contributed by atoms with Crippen molar-refractivity contribution in [3.63, 3.8) is 0 Å². The Morgan fingerprint density at radius 1 is 1.42 bits per heavy atom. The highest BCUT2D eigenvalue weighted by Crippen LogP contribution is 2.36. The molecule has 1 aliphatic rings. The van der Waals surface area contributed by atoms with Gasteiger partial charge in [0.15, 0.2) is 0 Å². The number of methoxy groups -OCH3 is 1. The van der Waals surface area contributed by atoms with Gasteiger partial charge in [0.1, 0.15) is 17.1 Å². The lowest BCUT2D eigenvalue weighted by atomic mass is 10.0. The van der Waals surface area contributed by atoms with Crippen molar-refractivity contribution in [1.29, 1.82) is 0 Å². The predicted octanol–water partition coefficient (Wildman–Crippen LogP) is 2.48. The maximum atomic E-state index is 12.2. The average molecular weight is 330 g/mol. The Bertz CT molecular complexity index is 710. The first-order valence-corrected chi connectivity index (χ1v) is 7.98. The summed E-state index contributed by atoms with van der Waals surface area (Å²) in [5.74, 6) is 1.27. The summed E-state index contributed by atoms with van der Waals surface area (Å²) >= 11 is 0. The van der Waals surface area contributed by atoms with Gasteiger partial charge in [-0.15, -0.1) is 0 Å². The van der Waals surface area contributed by atoms with Gasteiger partial charge in [0.2, 0.25) is 0 Å². The van der Waals surface area contributed by atoms with E-state index in [1.54, 1.807) is 26.2 Å². The third-order valence-corrected chi connectivity index (χ3v) is 4.40. The lowest BCUT2D eigenvalue weighted by Gasteiger charge is -2.22. The van der Waals surface area contributed by atoms with Crippen molar-refractivity contribution < 1.29 is 19.1 Å². The summed E-state index contributed by atoms with van der Waals surface area (Å²) in [5.41, 5.74) is 0.979. The van der Waals surface area contributed by atoms with E-state index in [-0.39, 0.29) is 18.6 Å². The molecule has 1 aromatic heterocycles. The van der Waals surface area contributed by atoms with E-state index in [1.807, 2.05) is 18.2 Å². The number of amides is 2. The van der Waals surface area contributed by atoms with Crippen LogP contribution in [0.15, 0.2) is 41.0 Å². The summed E-state index contributed by atoms with van der Waals surface area (Å²) in [4.78, 5) is 12.2. The van der Waals surface area contributed by atoms with E-state index in [0.717, 1.165) is 29.7 Å². The molecular weight excluding hydrogens is 308 g/mol. The van der Waals surface area contributed by atoms with Crippen molar-refractivity contribution in [2.45, 2.75) is 31.4 Å². The Hall–Kier alpha value is -2.47. The van der Waals surface area contributed by atoms with Crippen LogP contribution in [0.5, 0.6) is 5.75 Å². The molecule has 2 atom stereocenters. The highest BCUT2D eigenvalue weighted by molar-refractivity contribution is 5.75. The van der Waals surface area contributed by atoms with E-state index in [1.165, 1.54) is 6.26 Å². The third-order valence-electron chi connectivity index (χ3n) is 4.40. The van der Waals surface area contributed by atoms with E-state index in [2.05, 4.69) is 10.6 Å². The highest BCUT2D eigenvalue weighted by Gasteiger charge is 2.29. The largest absolute Gasteiger partial charge is 0.496 e. The van der Waals surface area contributed by atoms with Crippen LogP contribution in [0.4, 0.5) is 4.79 Å². The fourth-order valence-electron chi connectivity index (χ4n) is 3.10. The minimum atomic E-state index is -1.25. The monoisotopic (exact) mass is 330 g/mol. The highest BCUT2D eigenvalue weighted by atomic mass is 16.5. The molecule has 0 radical (unpaired) electrons. The Morgan fingerprint density at radius 2 is 2.25 bits per heavy atom. The van der Waals surface area contributed by atoms with Crippen LogP contribution in [0.25, 0.3) is 0 Å². The maximum Gasteiger partial charge on any atom is 0.315 e. The first-order chi connectivity index (χ1) is 11.5. The minimum Gasteiger partial charge on any atom is -0.496 e. The van der Waals surface area contributed by atoms with Gasteiger partial charge >= 0.3 is 6.03 Å². The van der Waals surface area contributed by atoms with Crippen molar-refractivity contribution >= 4 is 6.03 Å². The smallest absolute Gasteiger partial charge is 0.315 e. The number of ether oxygens (including phenoxy) is 1. The van der Waals surface area contributed by atoms with Crippen LogP contribution in [-0.2, 0) is 12.0 Å². The van der Waals surface area contributed by atoms with Crippen LogP contribution in [0.1, 0.15) is 36.3 Å². The zero-order valence-electron chi connectivity index (χ0n) is 13.8. The predicted molar refractivity (Wildman–Crippen MR) is 88.9 cm³/mol. The molecule has 1 aromatic carbocycles. The summed E-state index contributed by atoms with van der Waals surface area (Å²) in [6.45, 7) is 1.66. The van der Waals surface area contributed by atoms with E-state index in [9.17, 15) is 9.90 Å². The molecule has 0 fully saturated rings. The zero-order valence-corrected chi connectivity index (χ0v) is 13.8. The fraction of sp³-hybridized carbons (Fsp3) is 0.389. The van der Waals surface area contributed by atoms with E-state index < -0.39 is 5.60 Å². The van der Waals surface area contributed by atoms with Crippen LogP contribution in [0, 0.1) is 0 Å². The number of urea groups is 1. The van der Waals surface area contributed by atoms with Gasteiger partial charge in [0.25, 0.3) is 0 Å². The van der Waals surface area contributed by atoms with E-state index in [0.29, 0.717) is 5.76 Å². The number of hydrogen-bond donors (Lipinski definition) is 3. The Morgan fingerprint density at radius 3 is 2.96 bits per heavy atom. The fourth-order valence-corrected chi connectivity index (χ4v) is 3.10. The first-order valence-electron chi connectivity index (χ1n) is 7.98. The molecule has 6 heteroatoms. The molecule has 2 aromatic rings. The van der Waals surface area contributed by atoms with Gasteiger partial charge in [-0.2, -0.15) is 0 Å². The quantitative estimate of drug-likeness (QED) is 0.786. The zero-order chi connectivity index (χ0) is 17.2. The van der Waals surface area contributed by atoms with Gasteiger partial charge in [-0.1, -0.05) is 12.1 Å². The van der Waals surface area contributed by atoms with Gasteiger partial charge in [0, 0.05) is 0 Å². The second-order valence-corrected chi connectivity index (χ2v) is 6.20. The third kappa shape index (κ3) is 3.23. The second kappa shape index (κ2) is 6.57. The molecule has 0 saturated heterocycles. The van der Waals surface area contributed by atoms with Gasteiger partial charge in [0.05, 0.1) is 26.0 Å². The van der Waals surface area contributed by atoms with Crippen LogP contribution in [0.3, 0.4) is 0 Å².